The molecule has 0 saturated heterocycles. The third kappa shape index (κ3) is 3.08. The van der Waals surface area contributed by atoms with Gasteiger partial charge in [-0.3, -0.25) is 14.9 Å². The van der Waals surface area contributed by atoms with Crippen molar-refractivity contribution in [2.45, 2.75) is 0 Å². The van der Waals surface area contributed by atoms with Crippen LogP contribution in [0, 0.1) is 10.1 Å². The number of carbonyl (C=O) groups excluding carboxylic acids is 1. The maximum absolute atomic E-state index is 12.1. The van der Waals surface area contributed by atoms with Gasteiger partial charge in [-0.05, 0) is 18.2 Å². The highest BCUT2D eigenvalue weighted by Crippen LogP contribution is 2.29. The second-order valence-electron chi connectivity index (χ2n) is 4.11. The number of aromatic hydroxyl groups is 1. The molecule has 2 aromatic carbocycles. The minimum atomic E-state index is -0.591. The molecule has 0 fully saturated rings. The number of nitrogens with one attached hydrogen (secondary N) is 1. The number of nitrogens with zero attached hydrogens (tertiary/aromatic N) is 1. The standard InChI is InChI=1S/C14H12N2O5/c1-21-13-7-6-9(16(19)20)8-11(13)15-14(18)10-4-2-3-5-12(10)17/h2-8,17H,1H3,(H,15,18). The van der Waals surface area contributed by atoms with Crippen LogP contribution in [0.25, 0.3) is 0 Å². The molecule has 0 radical (unpaired) electrons. The highest BCUT2D eigenvalue weighted by molar-refractivity contribution is 6.06. The number of anilines is 1. The fourth-order valence-electron chi connectivity index (χ4n) is 1.76. The molecule has 0 aliphatic carbocycles. The number of methoxy groups -OCH3 is 1. The molecular weight excluding hydrogens is 276 g/mol. The van der Waals surface area contributed by atoms with Gasteiger partial charge in [-0.2, -0.15) is 0 Å². The van der Waals surface area contributed by atoms with E-state index in [-0.39, 0.29) is 28.4 Å². The number of carbonyl (C=O) groups is 1. The predicted molar refractivity (Wildman–Crippen MR) is 75.7 cm³/mol. The normalized spacial score (nSPS) is 9.95. The summed E-state index contributed by atoms with van der Waals surface area (Å²) in [5.74, 6) is -0.490. The van der Waals surface area contributed by atoms with E-state index in [2.05, 4.69) is 5.32 Å². The fourth-order valence-corrected chi connectivity index (χ4v) is 1.76. The minimum absolute atomic E-state index is 0.0612. The molecule has 0 spiro atoms. The van der Waals surface area contributed by atoms with Crippen LogP contribution in [0.2, 0.25) is 0 Å². The van der Waals surface area contributed by atoms with Gasteiger partial charge in [0.2, 0.25) is 0 Å². The number of rotatable bonds is 4. The van der Waals surface area contributed by atoms with Crippen LogP contribution in [0.5, 0.6) is 11.5 Å². The Balaban J connectivity index is 2.34. The van der Waals surface area contributed by atoms with Gasteiger partial charge in [-0.1, -0.05) is 12.1 Å². The zero-order chi connectivity index (χ0) is 15.4. The monoisotopic (exact) mass is 288 g/mol. The number of ether oxygens (including phenoxy) is 1. The molecule has 0 aliphatic rings. The van der Waals surface area contributed by atoms with E-state index >= 15 is 0 Å². The SMILES string of the molecule is COc1ccc([N+](=O)[O-])cc1NC(=O)c1ccccc1O. The van der Waals surface area contributed by atoms with Crippen molar-refractivity contribution < 1.29 is 19.6 Å². The maximum Gasteiger partial charge on any atom is 0.271 e. The Bertz CT molecular complexity index is 700. The lowest BCUT2D eigenvalue weighted by atomic mass is 10.1. The van der Waals surface area contributed by atoms with Gasteiger partial charge in [0.1, 0.15) is 11.5 Å². The van der Waals surface area contributed by atoms with Gasteiger partial charge in [0, 0.05) is 12.1 Å². The summed E-state index contributed by atoms with van der Waals surface area (Å²) in [4.78, 5) is 22.3. The van der Waals surface area contributed by atoms with E-state index < -0.39 is 10.8 Å². The van der Waals surface area contributed by atoms with Gasteiger partial charge in [0.05, 0.1) is 23.3 Å². The number of nitro groups is 1. The molecule has 2 aromatic rings. The first kappa shape index (κ1) is 14.3. The van der Waals surface area contributed by atoms with Gasteiger partial charge < -0.3 is 15.2 Å². The average Bonchev–Trinajstić information content (AvgIpc) is 2.47. The molecule has 0 bridgehead atoms. The maximum atomic E-state index is 12.1. The number of amides is 1. The summed E-state index contributed by atoms with van der Waals surface area (Å²) >= 11 is 0. The third-order valence-electron chi connectivity index (χ3n) is 2.79. The van der Waals surface area contributed by atoms with Crippen molar-refractivity contribution in [1.82, 2.24) is 0 Å². The van der Waals surface area contributed by atoms with Crippen molar-refractivity contribution in [3.8, 4) is 11.5 Å². The molecule has 0 aliphatic heterocycles. The van der Waals surface area contributed by atoms with Crippen molar-refractivity contribution >= 4 is 17.3 Å². The highest BCUT2D eigenvalue weighted by Gasteiger charge is 2.16. The van der Waals surface area contributed by atoms with Crippen LogP contribution in [0.15, 0.2) is 42.5 Å². The van der Waals surface area contributed by atoms with Crippen molar-refractivity contribution in [3.05, 3.63) is 58.1 Å². The number of non-ortho nitro benzene ring substituents is 1. The van der Waals surface area contributed by atoms with Crippen molar-refractivity contribution in [3.63, 3.8) is 0 Å². The first-order valence-corrected chi connectivity index (χ1v) is 5.94. The number of para-hydroxylation sites is 1. The highest BCUT2D eigenvalue weighted by atomic mass is 16.6. The lowest BCUT2D eigenvalue weighted by molar-refractivity contribution is -0.384. The fraction of sp³-hybridized carbons (Fsp3) is 0.0714. The molecule has 0 heterocycles. The molecule has 1 amide bonds. The van der Waals surface area contributed by atoms with Gasteiger partial charge in [-0.25, -0.2) is 0 Å². The summed E-state index contributed by atoms with van der Waals surface area (Å²) in [6.45, 7) is 0. The summed E-state index contributed by atoms with van der Waals surface area (Å²) in [7, 11) is 1.39. The van der Waals surface area contributed by atoms with Crippen LogP contribution >= 0.6 is 0 Å². The van der Waals surface area contributed by atoms with E-state index in [1.165, 1.54) is 37.4 Å². The lowest BCUT2D eigenvalue weighted by Gasteiger charge is -2.10. The van der Waals surface area contributed by atoms with Crippen LogP contribution in [0.4, 0.5) is 11.4 Å². The Morgan fingerprint density at radius 1 is 1.29 bits per heavy atom. The predicted octanol–water partition coefficient (Wildman–Crippen LogP) is 2.56. The molecule has 0 saturated carbocycles. The van der Waals surface area contributed by atoms with E-state index in [1.54, 1.807) is 12.1 Å². The molecule has 0 atom stereocenters. The second kappa shape index (κ2) is 5.91. The molecule has 108 valence electrons. The number of hydrogen-bond donors (Lipinski definition) is 2. The van der Waals surface area contributed by atoms with E-state index in [4.69, 9.17) is 4.74 Å². The average molecular weight is 288 g/mol. The van der Waals surface area contributed by atoms with Gasteiger partial charge in [-0.15, -0.1) is 0 Å². The molecule has 2 rings (SSSR count). The van der Waals surface area contributed by atoms with E-state index in [0.717, 1.165) is 0 Å². The Morgan fingerprint density at radius 2 is 2.00 bits per heavy atom. The van der Waals surface area contributed by atoms with Crippen LogP contribution in [0.3, 0.4) is 0 Å². The summed E-state index contributed by atoms with van der Waals surface area (Å²) in [6.07, 6.45) is 0. The third-order valence-corrected chi connectivity index (χ3v) is 2.79. The lowest BCUT2D eigenvalue weighted by Crippen LogP contribution is -2.13. The second-order valence-corrected chi connectivity index (χ2v) is 4.11. The first-order chi connectivity index (χ1) is 10.0. The number of phenolic OH excluding ortho intramolecular Hbond substituents is 1. The number of phenols is 1. The number of nitro benzene ring substituents is 1. The van der Waals surface area contributed by atoms with E-state index in [0.29, 0.717) is 0 Å². The van der Waals surface area contributed by atoms with Crippen LogP contribution in [-0.2, 0) is 0 Å². The van der Waals surface area contributed by atoms with E-state index in [9.17, 15) is 20.0 Å². The van der Waals surface area contributed by atoms with Gasteiger partial charge in [0.25, 0.3) is 11.6 Å². The summed E-state index contributed by atoms with van der Waals surface area (Å²) < 4.78 is 5.05. The Labute approximate surface area is 119 Å². The number of hydrogen-bond acceptors (Lipinski definition) is 5. The zero-order valence-corrected chi connectivity index (χ0v) is 11.1. The minimum Gasteiger partial charge on any atom is -0.507 e. The molecule has 2 N–H and O–H groups in total. The molecule has 0 aromatic heterocycles. The molecule has 21 heavy (non-hydrogen) atoms. The van der Waals surface area contributed by atoms with Crippen molar-refractivity contribution in [1.29, 1.82) is 0 Å². The molecular formula is C14H12N2O5. The molecule has 0 unspecified atom stereocenters. The summed E-state index contributed by atoms with van der Waals surface area (Å²) in [5, 5.41) is 22.9. The Kier molecular flexibility index (Phi) is 4.03. The van der Waals surface area contributed by atoms with Crippen LogP contribution in [-0.4, -0.2) is 23.0 Å². The van der Waals surface area contributed by atoms with Gasteiger partial charge in [0.15, 0.2) is 0 Å². The summed E-state index contributed by atoms with van der Waals surface area (Å²) in [5.41, 5.74) is 0.0365. The van der Waals surface area contributed by atoms with Gasteiger partial charge >= 0.3 is 0 Å². The smallest absolute Gasteiger partial charge is 0.271 e. The Hall–Kier alpha value is -3.09. The quantitative estimate of drug-likeness (QED) is 0.665. The van der Waals surface area contributed by atoms with E-state index in [1.807, 2.05) is 0 Å². The first-order valence-electron chi connectivity index (χ1n) is 5.94. The van der Waals surface area contributed by atoms with Crippen LogP contribution in [0.1, 0.15) is 10.4 Å². The largest absolute Gasteiger partial charge is 0.507 e. The number of benzene rings is 2. The molecule has 7 heteroatoms. The topological polar surface area (TPSA) is 102 Å². The van der Waals surface area contributed by atoms with Crippen molar-refractivity contribution in [2.24, 2.45) is 0 Å². The Morgan fingerprint density at radius 3 is 2.62 bits per heavy atom. The van der Waals surface area contributed by atoms with Crippen LogP contribution < -0.4 is 10.1 Å². The zero-order valence-electron chi connectivity index (χ0n) is 11.1. The molecule has 7 nitrogen and oxygen atoms in total. The van der Waals surface area contributed by atoms with Crippen molar-refractivity contribution in [2.75, 3.05) is 12.4 Å². The summed E-state index contributed by atoms with van der Waals surface area (Å²) in [6, 6.07) is 9.84.